The van der Waals surface area contributed by atoms with E-state index in [0.29, 0.717) is 13.0 Å². The summed E-state index contributed by atoms with van der Waals surface area (Å²) < 4.78 is 25.4. The summed E-state index contributed by atoms with van der Waals surface area (Å²) in [5, 5.41) is 0. The van der Waals surface area contributed by atoms with Gasteiger partial charge >= 0.3 is 0 Å². The van der Waals surface area contributed by atoms with Crippen molar-refractivity contribution in [2.75, 3.05) is 12.3 Å². The van der Waals surface area contributed by atoms with Gasteiger partial charge < -0.3 is 5.73 Å². The Morgan fingerprint density at radius 3 is 2.50 bits per heavy atom. The molecule has 0 aromatic carbocycles. The standard InChI is InChI=1S/C9H22N2O2S/c1-3-4-6-9(2)11-14(12,13)8-5-7-10/h9,11H,3-8,10H2,1-2H3. The van der Waals surface area contributed by atoms with Gasteiger partial charge in [0.15, 0.2) is 0 Å². The zero-order valence-electron chi connectivity index (χ0n) is 9.12. The van der Waals surface area contributed by atoms with Crippen molar-refractivity contribution in [1.82, 2.24) is 4.72 Å². The van der Waals surface area contributed by atoms with Crippen LogP contribution in [0.15, 0.2) is 0 Å². The van der Waals surface area contributed by atoms with Crippen LogP contribution in [-0.2, 0) is 10.0 Å². The average Bonchev–Trinajstić information content (AvgIpc) is 2.11. The third-order valence-corrected chi connectivity index (χ3v) is 3.58. The van der Waals surface area contributed by atoms with Crippen LogP contribution in [0.5, 0.6) is 0 Å². The molecule has 0 rings (SSSR count). The largest absolute Gasteiger partial charge is 0.330 e. The summed E-state index contributed by atoms with van der Waals surface area (Å²) in [6.07, 6.45) is 3.57. The zero-order valence-corrected chi connectivity index (χ0v) is 9.94. The fourth-order valence-electron chi connectivity index (χ4n) is 1.21. The van der Waals surface area contributed by atoms with Gasteiger partial charge in [-0.1, -0.05) is 19.8 Å². The Labute approximate surface area is 87.3 Å². The number of nitrogens with one attached hydrogen (secondary N) is 1. The fraction of sp³-hybridized carbons (Fsp3) is 1.00. The highest BCUT2D eigenvalue weighted by Gasteiger charge is 2.12. The van der Waals surface area contributed by atoms with Gasteiger partial charge in [0.25, 0.3) is 0 Å². The summed E-state index contributed by atoms with van der Waals surface area (Å²) in [4.78, 5) is 0. The molecule has 0 aromatic rings. The lowest BCUT2D eigenvalue weighted by molar-refractivity contribution is 0.533. The molecule has 3 N–H and O–H groups in total. The summed E-state index contributed by atoms with van der Waals surface area (Å²) in [6, 6.07) is 0.0396. The molecule has 14 heavy (non-hydrogen) atoms. The van der Waals surface area contributed by atoms with Crippen molar-refractivity contribution in [3.05, 3.63) is 0 Å². The minimum Gasteiger partial charge on any atom is -0.330 e. The lowest BCUT2D eigenvalue weighted by Gasteiger charge is -2.13. The Morgan fingerprint density at radius 1 is 1.36 bits per heavy atom. The van der Waals surface area contributed by atoms with Crippen molar-refractivity contribution in [3.8, 4) is 0 Å². The van der Waals surface area contributed by atoms with Crippen LogP contribution in [-0.4, -0.2) is 26.8 Å². The second kappa shape index (κ2) is 7.20. The van der Waals surface area contributed by atoms with E-state index in [1.807, 2.05) is 6.92 Å². The molecule has 1 unspecified atom stereocenters. The normalized spacial score (nSPS) is 14.2. The molecule has 0 radical (unpaired) electrons. The minimum absolute atomic E-state index is 0.0396. The summed E-state index contributed by atoms with van der Waals surface area (Å²) >= 11 is 0. The summed E-state index contributed by atoms with van der Waals surface area (Å²) in [5.74, 6) is 0.139. The Balaban J connectivity index is 3.83. The van der Waals surface area contributed by atoms with Crippen molar-refractivity contribution in [1.29, 1.82) is 0 Å². The molecule has 0 saturated carbocycles. The molecule has 0 aliphatic carbocycles. The first-order chi connectivity index (χ1) is 6.52. The van der Waals surface area contributed by atoms with Crippen LogP contribution < -0.4 is 10.5 Å². The van der Waals surface area contributed by atoms with Gasteiger partial charge in [0.05, 0.1) is 5.75 Å². The molecule has 0 aromatic heterocycles. The van der Waals surface area contributed by atoms with Gasteiger partial charge in [-0.2, -0.15) is 0 Å². The topological polar surface area (TPSA) is 72.2 Å². The quantitative estimate of drug-likeness (QED) is 0.639. The second-order valence-electron chi connectivity index (χ2n) is 3.62. The molecule has 0 aliphatic rings. The van der Waals surface area contributed by atoms with E-state index in [2.05, 4.69) is 11.6 Å². The van der Waals surface area contributed by atoms with Crippen LogP contribution in [0.2, 0.25) is 0 Å². The van der Waals surface area contributed by atoms with Crippen LogP contribution in [0, 0.1) is 0 Å². The smallest absolute Gasteiger partial charge is 0.211 e. The lowest BCUT2D eigenvalue weighted by Crippen LogP contribution is -2.34. The number of nitrogens with two attached hydrogens (primary N) is 1. The van der Waals surface area contributed by atoms with E-state index in [-0.39, 0.29) is 11.8 Å². The Hall–Kier alpha value is -0.130. The molecular formula is C9H22N2O2S. The van der Waals surface area contributed by atoms with Crippen molar-refractivity contribution in [2.45, 2.75) is 45.6 Å². The highest BCUT2D eigenvalue weighted by atomic mass is 32.2. The summed E-state index contributed by atoms with van der Waals surface area (Å²) in [7, 11) is -3.10. The van der Waals surface area contributed by atoms with E-state index in [1.54, 1.807) is 0 Å². The number of hydrogen-bond donors (Lipinski definition) is 2. The monoisotopic (exact) mass is 222 g/mol. The molecular weight excluding hydrogens is 200 g/mol. The molecule has 0 spiro atoms. The first-order valence-electron chi connectivity index (χ1n) is 5.22. The van der Waals surface area contributed by atoms with Crippen LogP contribution in [0.25, 0.3) is 0 Å². The van der Waals surface area contributed by atoms with Crippen molar-refractivity contribution >= 4 is 10.0 Å². The highest BCUT2D eigenvalue weighted by Crippen LogP contribution is 2.01. The number of rotatable bonds is 8. The van der Waals surface area contributed by atoms with E-state index in [4.69, 9.17) is 5.73 Å². The molecule has 86 valence electrons. The van der Waals surface area contributed by atoms with Crippen LogP contribution >= 0.6 is 0 Å². The van der Waals surface area contributed by atoms with Gasteiger partial charge in [-0.05, 0) is 26.3 Å². The fourth-order valence-corrected chi connectivity index (χ4v) is 2.60. The van der Waals surface area contributed by atoms with Crippen LogP contribution in [0.3, 0.4) is 0 Å². The average molecular weight is 222 g/mol. The molecule has 5 heteroatoms. The maximum absolute atomic E-state index is 11.4. The number of unbranched alkanes of at least 4 members (excludes halogenated alkanes) is 1. The molecule has 0 amide bonds. The predicted octanol–water partition coefficient (Wildman–Crippen LogP) is 0.833. The number of hydrogen-bond acceptors (Lipinski definition) is 3. The SMILES string of the molecule is CCCCC(C)NS(=O)(=O)CCCN. The van der Waals surface area contributed by atoms with Crippen LogP contribution in [0.4, 0.5) is 0 Å². The van der Waals surface area contributed by atoms with Gasteiger partial charge in [-0.15, -0.1) is 0 Å². The predicted molar refractivity (Wildman–Crippen MR) is 59.6 cm³/mol. The molecule has 1 atom stereocenters. The van der Waals surface area contributed by atoms with E-state index < -0.39 is 10.0 Å². The zero-order chi connectivity index (χ0) is 11.0. The summed E-state index contributed by atoms with van der Waals surface area (Å²) in [6.45, 7) is 4.41. The number of sulfonamides is 1. The van der Waals surface area contributed by atoms with Gasteiger partial charge in [0.1, 0.15) is 0 Å². The van der Waals surface area contributed by atoms with Crippen molar-refractivity contribution in [2.24, 2.45) is 5.73 Å². The third-order valence-electron chi connectivity index (χ3n) is 1.99. The van der Waals surface area contributed by atoms with E-state index in [9.17, 15) is 8.42 Å². The van der Waals surface area contributed by atoms with Gasteiger partial charge in [0, 0.05) is 6.04 Å². The van der Waals surface area contributed by atoms with Crippen LogP contribution in [0.1, 0.15) is 39.5 Å². The Bertz CT molecular complexity index is 227. The third kappa shape index (κ3) is 7.29. The van der Waals surface area contributed by atoms with Gasteiger partial charge in [-0.25, -0.2) is 13.1 Å². The molecule has 4 nitrogen and oxygen atoms in total. The van der Waals surface area contributed by atoms with E-state index in [0.717, 1.165) is 19.3 Å². The maximum Gasteiger partial charge on any atom is 0.211 e. The lowest BCUT2D eigenvalue weighted by atomic mass is 10.2. The van der Waals surface area contributed by atoms with Gasteiger partial charge in [-0.3, -0.25) is 0 Å². The molecule has 0 aliphatic heterocycles. The second-order valence-corrected chi connectivity index (χ2v) is 5.50. The van der Waals surface area contributed by atoms with Gasteiger partial charge in [0.2, 0.25) is 10.0 Å². The molecule has 0 bridgehead atoms. The van der Waals surface area contributed by atoms with E-state index >= 15 is 0 Å². The van der Waals surface area contributed by atoms with Crippen molar-refractivity contribution in [3.63, 3.8) is 0 Å². The summed E-state index contributed by atoms with van der Waals surface area (Å²) in [5.41, 5.74) is 5.25. The Kier molecular flexibility index (Phi) is 7.13. The molecule has 0 saturated heterocycles. The van der Waals surface area contributed by atoms with E-state index in [1.165, 1.54) is 0 Å². The minimum atomic E-state index is -3.10. The maximum atomic E-state index is 11.4. The van der Waals surface area contributed by atoms with Crippen molar-refractivity contribution < 1.29 is 8.42 Å². The molecule has 0 heterocycles. The Morgan fingerprint density at radius 2 is 2.00 bits per heavy atom. The first kappa shape index (κ1) is 13.9. The first-order valence-corrected chi connectivity index (χ1v) is 6.87. The molecule has 0 fully saturated rings. The highest BCUT2D eigenvalue weighted by molar-refractivity contribution is 7.89.